The van der Waals surface area contributed by atoms with Gasteiger partial charge in [-0.3, -0.25) is 0 Å². The van der Waals surface area contributed by atoms with E-state index in [2.05, 4.69) is 15.3 Å². The van der Waals surface area contributed by atoms with Crippen LogP contribution in [-0.4, -0.2) is 38.9 Å². The zero-order valence-electron chi connectivity index (χ0n) is 9.93. The quantitative estimate of drug-likeness (QED) is 0.675. The first-order chi connectivity index (χ1) is 8.09. The molecule has 0 aliphatic heterocycles. The number of hydrogen-bond donors (Lipinski definition) is 3. The Kier molecular flexibility index (Phi) is 4.37. The SMILES string of the molecule is CCC(CO)(CO)Nc1nc(C)cc(C#N)n1. The molecule has 1 heterocycles. The van der Waals surface area contributed by atoms with Gasteiger partial charge in [0.05, 0.1) is 18.8 Å². The Balaban J connectivity index is 3.02. The van der Waals surface area contributed by atoms with Crippen molar-refractivity contribution >= 4 is 5.95 Å². The van der Waals surface area contributed by atoms with E-state index in [4.69, 9.17) is 5.26 Å². The van der Waals surface area contributed by atoms with Crippen molar-refractivity contribution in [1.29, 1.82) is 5.26 Å². The highest BCUT2D eigenvalue weighted by molar-refractivity contribution is 5.35. The van der Waals surface area contributed by atoms with Crippen molar-refractivity contribution in [2.24, 2.45) is 0 Å². The molecule has 6 heteroatoms. The minimum atomic E-state index is -0.861. The van der Waals surface area contributed by atoms with Gasteiger partial charge < -0.3 is 15.5 Å². The van der Waals surface area contributed by atoms with Gasteiger partial charge in [0.2, 0.25) is 5.95 Å². The molecule has 1 rings (SSSR count). The molecular weight excluding hydrogens is 220 g/mol. The van der Waals surface area contributed by atoms with Crippen molar-refractivity contribution < 1.29 is 10.2 Å². The lowest BCUT2D eigenvalue weighted by molar-refractivity contribution is 0.132. The van der Waals surface area contributed by atoms with Crippen molar-refractivity contribution in [3.63, 3.8) is 0 Å². The molecule has 1 aromatic heterocycles. The average Bonchev–Trinajstić information content (AvgIpc) is 2.35. The highest BCUT2D eigenvalue weighted by Gasteiger charge is 2.27. The first-order valence-electron chi connectivity index (χ1n) is 5.35. The summed E-state index contributed by atoms with van der Waals surface area (Å²) >= 11 is 0. The number of nitrogens with one attached hydrogen (secondary N) is 1. The first kappa shape index (κ1) is 13.4. The maximum atomic E-state index is 9.29. The summed E-state index contributed by atoms with van der Waals surface area (Å²) in [5.74, 6) is 0.242. The highest BCUT2D eigenvalue weighted by atomic mass is 16.3. The largest absolute Gasteiger partial charge is 0.394 e. The van der Waals surface area contributed by atoms with Crippen molar-refractivity contribution in [3.8, 4) is 6.07 Å². The summed E-state index contributed by atoms with van der Waals surface area (Å²) in [7, 11) is 0. The fraction of sp³-hybridized carbons (Fsp3) is 0.545. The molecule has 0 aliphatic carbocycles. The lowest BCUT2D eigenvalue weighted by atomic mass is 9.99. The van der Waals surface area contributed by atoms with Crippen LogP contribution in [0.1, 0.15) is 24.7 Å². The minimum absolute atomic E-state index is 0.237. The van der Waals surface area contributed by atoms with E-state index in [1.54, 1.807) is 13.0 Å². The Bertz CT molecular complexity index is 416. The highest BCUT2D eigenvalue weighted by Crippen LogP contribution is 2.15. The molecule has 0 fully saturated rings. The number of rotatable bonds is 5. The molecule has 3 N–H and O–H groups in total. The first-order valence-corrected chi connectivity index (χ1v) is 5.35. The molecule has 0 spiro atoms. The third kappa shape index (κ3) is 3.12. The van der Waals surface area contributed by atoms with Gasteiger partial charge in [0.15, 0.2) is 0 Å². The number of nitrogens with zero attached hydrogens (tertiary/aromatic N) is 3. The van der Waals surface area contributed by atoms with E-state index in [-0.39, 0.29) is 24.9 Å². The van der Waals surface area contributed by atoms with Crippen LogP contribution in [0.2, 0.25) is 0 Å². The molecule has 0 atom stereocenters. The molecule has 0 bridgehead atoms. The summed E-state index contributed by atoms with van der Waals surface area (Å²) in [6, 6.07) is 3.50. The molecule has 6 nitrogen and oxygen atoms in total. The second kappa shape index (κ2) is 5.57. The Labute approximate surface area is 100.0 Å². The molecule has 0 aliphatic rings. The molecule has 0 saturated heterocycles. The molecule has 0 saturated carbocycles. The normalized spacial score (nSPS) is 11.0. The summed E-state index contributed by atoms with van der Waals surface area (Å²) in [5.41, 5.74) is 0.0429. The second-order valence-electron chi connectivity index (χ2n) is 3.91. The maximum absolute atomic E-state index is 9.29. The van der Waals surface area contributed by atoms with E-state index >= 15 is 0 Å². The number of nitriles is 1. The molecule has 17 heavy (non-hydrogen) atoms. The van der Waals surface area contributed by atoms with Crippen LogP contribution in [0.4, 0.5) is 5.95 Å². The van der Waals surface area contributed by atoms with Crippen molar-refractivity contribution in [2.75, 3.05) is 18.5 Å². The van der Waals surface area contributed by atoms with Crippen molar-refractivity contribution in [3.05, 3.63) is 17.5 Å². The minimum Gasteiger partial charge on any atom is -0.394 e. The predicted octanol–water partition coefficient (Wildman–Crippen LogP) is 0.202. The molecule has 0 amide bonds. The second-order valence-corrected chi connectivity index (χ2v) is 3.91. The predicted molar refractivity (Wildman–Crippen MR) is 62.3 cm³/mol. The summed E-state index contributed by atoms with van der Waals surface area (Å²) in [4.78, 5) is 8.09. The molecule has 92 valence electrons. The third-order valence-electron chi connectivity index (χ3n) is 2.63. The number of aliphatic hydroxyl groups is 2. The van der Waals surface area contributed by atoms with Gasteiger partial charge in [-0.2, -0.15) is 5.26 Å². The number of hydrogen-bond acceptors (Lipinski definition) is 6. The maximum Gasteiger partial charge on any atom is 0.224 e. The Morgan fingerprint density at radius 3 is 2.53 bits per heavy atom. The van der Waals surface area contributed by atoms with E-state index in [1.807, 2.05) is 13.0 Å². The summed E-state index contributed by atoms with van der Waals surface area (Å²) in [5, 5.41) is 30.3. The van der Waals surface area contributed by atoms with Gasteiger partial charge in [0.1, 0.15) is 11.8 Å². The number of aryl methyl sites for hydroxylation is 1. The topological polar surface area (TPSA) is 102 Å². The fourth-order valence-corrected chi connectivity index (χ4v) is 1.36. The van der Waals surface area contributed by atoms with Crippen molar-refractivity contribution in [1.82, 2.24) is 9.97 Å². The zero-order chi connectivity index (χ0) is 12.9. The number of aliphatic hydroxyl groups excluding tert-OH is 2. The summed E-state index contributed by atoms with van der Waals surface area (Å²) < 4.78 is 0. The molecule has 0 unspecified atom stereocenters. The van der Waals surface area contributed by atoms with Gasteiger partial charge in [-0.15, -0.1) is 0 Å². The average molecular weight is 236 g/mol. The lowest BCUT2D eigenvalue weighted by Gasteiger charge is -2.29. The summed E-state index contributed by atoms with van der Waals surface area (Å²) in [6.45, 7) is 3.11. The Morgan fingerprint density at radius 1 is 1.41 bits per heavy atom. The number of aromatic nitrogens is 2. The van der Waals surface area contributed by atoms with Gasteiger partial charge >= 0.3 is 0 Å². The van der Waals surface area contributed by atoms with Gasteiger partial charge in [-0.1, -0.05) is 6.92 Å². The van der Waals surface area contributed by atoms with Crippen LogP contribution in [-0.2, 0) is 0 Å². The zero-order valence-corrected chi connectivity index (χ0v) is 9.93. The van der Waals surface area contributed by atoms with E-state index in [0.29, 0.717) is 12.1 Å². The van der Waals surface area contributed by atoms with Crippen LogP contribution in [0.15, 0.2) is 6.07 Å². The fourth-order valence-electron chi connectivity index (χ4n) is 1.36. The molecular formula is C11H16N4O2. The van der Waals surface area contributed by atoms with Crippen LogP contribution < -0.4 is 5.32 Å². The third-order valence-corrected chi connectivity index (χ3v) is 2.63. The standard InChI is InChI=1S/C11H16N4O2/c1-3-11(6-16,7-17)15-10-13-8(2)4-9(5-12)14-10/h4,16-17H,3,6-7H2,1-2H3,(H,13,14,15). The van der Waals surface area contributed by atoms with Crippen LogP contribution >= 0.6 is 0 Å². The van der Waals surface area contributed by atoms with E-state index < -0.39 is 5.54 Å². The van der Waals surface area contributed by atoms with Gasteiger partial charge in [-0.25, -0.2) is 9.97 Å². The van der Waals surface area contributed by atoms with Gasteiger partial charge in [0.25, 0.3) is 0 Å². The van der Waals surface area contributed by atoms with E-state index in [9.17, 15) is 10.2 Å². The monoisotopic (exact) mass is 236 g/mol. The van der Waals surface area contributed by atoms with Crippen LogP contribution in [0.25, 0.3) is 0 Å². The smallest absolute Gasteiger partial charge is 0.224 e. The van der Waals surface area contributed by atoms with E-state index in [0.717, 1.165) is 0 Å². The summed E-state index contributed by atoms with van der Waals surface area (Å²) in [6.07, 6.45) is 0.513. The van der Waals surface area contributed by atoms with Crippen LogP contribution in [0.5, 0.6) is 0 Å². The van der Waals surface area contributed by atoms with E-state index in [1.165, 1.54) is 0 Å². The Morgan fingerprint density at radius 2 is 2.06 bits per heavy atom. The van der Waals surface area contributed by atoms with Gasteiger partial charge in [0, 0.05) is 5.69 Å². The van der Waals surface area contributed by atoms with Crippen molar-refractivity contribution in [2.45, 2.75) is 25.8 Å². The molecule has 0 radical (unpaired) electrons. The van der Waals surface area contributed by atoms with Crippen LogP contribution in [0, 0.1) is 18.3 Å². The number of anilines is 1. The molecule has 1 aromatic rings. The molecule has 0 aromatic carbocycles. The van der Waals surface area contributed by atoms with Gasteiger partial charge in [-0.05, 0) is 19.4 Å². The van der Waals surface area contributed by atoms with Crippen LogP contribution in [0.3, 0.4) is 0 Å². The lowest BCUT2D eigenvalue weighted by Crippen LogP contribution is -2.45. The Hall–Kier alpha value is -1.71.